The van der Waals surface area contributed by atoms with Crippen LogP contribution in [0.5, 0.6) is 0 Å². The lowest BCUT2D eigenvalue weighted by Crippen LogP contribution is -2.31. The van der Waals surface area contributed by atoms with Crippen molar-refractivity contribution in [2.45, 2.75) is 12.5 Å². The molecule has 96 valence electrons. The first-order valence-electron chi connectivity index (χ1n) is 5.50. The minimum atomic E-state index is -0.134. The number of aromatic nitrogens is 2. The van der Waals surface area contributed by atoms with Crippen molar-refractivity contribution in [3.8, 4) is 0 Å². The first kappa shape index (κ1) is 13.4. The van der Waals surface area contributed by atoms with Gasteiger partial charge in [-0.1, -0.05) is 41.4 Å². The van der Waals surface area contributed by atoms with Crippen LogP contribution in [-0.2, 0) is 13.5 Å². The van der Waals surface area contributed by atoms with Gasteiger partial charge in [-0.15, -0.1) is 0 Å². The molecule has 0 saturated carbocycles. The van der Waals surface area contributed by atoms with E-state index >= 15 is 0 Å². The fourth-order valence-corrected chi connectivity index (χ4v) is 2.44. The van der Waals surface area contributed by atoms with E-state index in [0.717, 1.165) is 16.3 Å². The predicted octanol–water partition coefficient (Wildman–Crippen LogP) is 2.47. The average Bonchev–Trinajstić information content (AvgIpc) is 2.69. The summed E-state index contributed by atoms with van der Waals surface area (Å²) in [6, 6.07) is 7.53. The first-order valence-corrected chi connectivity index (χ1v) is 6.26. The zero-order valence-electron chi connectivity index (χ0n) is 9.90. The van der Waals surface area contributed by atoms with Crippen molar-refractivity contribution in [3.05, 3.63) is 51.8 Å². The van der Waals surface area contributed by atoms with Gasteiger partial charge < -0.3 is 0 Å². The largest absolute Gasteiger partial charge is 0.271 e. The molecule has 2 aromatic rings. The third-order valence-electron chi connectivity index (χ3n) is 2.85. The topological polar surface area (TPSA) is 55.9 Å². The SMILES string of the molecule is Cn1ncc(Cl)c1C(Cc1ccccc1Cl)NN. The Bertz CT molecular complexity index is 519. The molecule has 0 bridgehead atoms. The monoisotopic (exact) mass is 284 g/mol. The number of nitrogens with zero attached hydrogens (tertiary/aromatic N) is 2. The number of rotatable bonds is 4. The molecule has 18 heavy (non-hydrogen) atoms. The Morgan fingerprint density at radius 3 is 2.61 bits per heavy atom. The Labute approximate surface area is 116 Å². The molecule has 1 heterocycles. The normalized spacial score (nSPS) is 12.7. The Balaban J connectivity index is 2.28. The number of hydrogen-bond acceptors (Lipinski definition) is 3. The van der Waals surface area contributed by atoms with Crippen molar-refractivity contribution >= 4 is 23.2 Å². The van der Waals surface area contributed by atoms with Crippen molar-refractivity contribution in [1.29, 1.82) is 0 Å². The lowest BCUT2D eigenvalue weighted by Gasteiger charge is -2.17. The molecule has 1 atom stereocenters. The second-order valence-corrected chi connectivity index (χ2v) is 4.83. The van der Waals surface area contributed by atoms with Crippen LogP contribution in [0.4, 0.5) is 0 Å². The summed E-state index contributed by atoms with van der Waals surface area (Å²) >= 11 is 12.3. The van der Waals surface area contributed by atoms with Gasteiger partial charge in [-0.2, -0.15) is 5.10 Å². The first-order chi connectivity index (χ1) is 8.63. The summed E-state index contributed by atoms with van der Waals surface area (Å²) in [5, 5.41) is 5.41. The van der Waals surface area contributed by atoms with Crippen LogP contribution < -0.4 is 11.3 Å². The smallest absolute Gasteiger partial charge is 0.0834 e. The van der Waals surface area contributed by atoms with E-state index < -0.39 is 0 Å². The van der Waals surface area contributed by atoms with Crippen LogP contribution in [0.2, 0.25) is 10.0 Å². The average molecular weight is 285 g/mol. The number of halogens is 2. The van der Waals surface area contributed by atoms with Crippen LogP contribution in [0.15, 0.2) is 30.5 Å². The highest BCUT2D eigenvalue weighted by Crippen LogP contribution is 2.27. The predicted molar refractivity (Wildman–Crippen MR) is 73.4 cm³/mol. The van der Waals surface area contributed by atoms with Crippen LogP contribution >= 0.6 is 23.2 Å². The van der Waals surface area contributed by atoms with Gasteiger partial charge in [0, 0.05) is 12.1 Å². The molecule has 0 fully saturated rings. The molecule has 0 saturated heterocycles. The van der Waals surface area contributed by atoms with Crippen molar-refractivity contribution in [2.24, 2.45) is 12.9 Å². The van der Waals surface area contributed by atoms with Crippen molar-refractivity contribution < 1.29 is 0 Å². The van der Waals surface area contributed by atoms with Gasteiger partial charge in [0.25, 0.3) is 0 Å². The molecule has 0 aliphatic carbocycles. The molecule has 6 heteroatoms. The standard InChI is InChI=1S/C12H14Cl2N4/c1-18-12(10(14)7-16-18)11(17-15)6-8-4-2-3-5-9(8)13/h2-5,7,11,17H,6,15H2,1H3. The number of nitrogens with two attached hydrogens (primary N) is 1. The number of nitrogens with one attached hydrogen (secondary N) is 1. The van der Waals surface area contributed by atoms with E-state index in [1.807, 2.05) is 31.3 Å². The third kappa shape index (κ3) is 2.67. The molecule has 0 spiro atoms. The molecule has 0 amide bonds. The number of aryl methyl sites for hydroxylation is 1. The quantitative estimate of drug-likeness (QED) is 0.670. The zero-order chi connectivity index (χ0) is 13.1. The molecule has 1 unspecified atom stereocenters. The molecule has 1 aromatic carbocycles. The maximum Gasteiger partial charge on any atom is 0.0834 e. The van der Waals surface area contributed by atoms with Gasteiger partial charge in [0.15, 0.2) is 0 Å². The third-order valence-corrected chi connectivity index (χ3v) is 3.51. The van der Waals surface area contributed by atoms with Gasteiger partial charge >= 0.3 is 0 Å². The van der Waals surface area contributed by atoms with Crippen LogP contribution in [0.1, 0.15) is 17.3 Å². The molecule has 3 N–H and O–H groups in total. The lowest BCUT2D eigenvalue weighted by atomic mass is 10.0. The second-order valence-electron chi connectivity index (χ2n) is 4.02. The van der Waals surface area contributed by atoms with E-state index in [0.29, 0.717) is 11.4 Å². The fraction of sp³-hybridized carbons (Fsp3) is 0.250. The highest BCUT2D eigenvalue weighted by Gasteiger charge is 2.19. The van der Waals surface area contributed by atoms with Crippen LogP contribution in [-0.4, -0.2) is 9.78 Å². The van der Waals surface area contributed by atoms with Crippen LogP contribution in [0, 0.1) is 0 Å². The minimum absolute atomic E-state index is 0.134. The summed E-state index contributed by atoms with van der Waals surface area (Å²) in [4.78, 5) is 0. The molecule has 0 radical (unpaired) electrons. The van der Waals surface area contributed by atoms with Crippen molar-refractivity contribution in [3.63, 3.8) is 0 Å². The lowest BCUT2D eigenvalue weighted by molar-refractivity contribution is 0.509. The molecular weight excluding hydrogens is 271 g/mol. The summed E-state index contributed by atoms with van der Waals surface area (Å²) in [6.07, 6.45) is 2.25. The minimum Gasteiger partial charge on any atom is -0.271 e. The van der Waals surface area contributed by atoms with E-state index in [4.69, 9.17) is 29.0 Å². The number of benzene rings is 1. The molecule has 0 aliphatic rings. The highest BCUT2D eigenvalue weighted by atomic mass is 35.5. The Morgan fingerprint density at radius 1 is 1.33 bits per heavy atom. The summed E-state index contributed by atoms with van der Waals surface area (Å²) < 4.78 is 1.71. The summed E-state index contributed by atoms with van der Waals surface area (Å²) in [5.41, 5.74) is 4.62. The van der Waals surface area contributed by atoms with Gasteiger partial charge in [0.05, 0.1) is 23.0 Å². The molecule has 0 aliphatic heterocycles. The maximum atomic E-state index is 6.14. The Kier molecular flexibility index (Phi) is 4.24. The van der Waals surface area contributed by atoms with E-state index in [1.165, 1.54) is 0 Å². The van der Waals surface area contributed by atoms with Gasteiger partial charge in [-0.25, -0.2) is 0 Å². The summed E-state index contributed by atoms with van der Waals surface area (Å²) in [6.45, 7) is 0. The Hall–Kier alpha value is -1.07. The molecular formula is C12H14Cl2N4. The van der Waals surface area contributed by atoms with Gasteiger partial charge in [-0.3, -0.25) is 16.0 Å². The Morgan fingerprint density at radius 2 is 2.06 bits per heavy atom. The number of hydrogen-bond donors (Lipinski definition) is 2. The zero-order valence-corrected chi connectivity index (χ0v) is 11.4. The van der Waals surface area contributed by atoms with Gasteiger partial charge in [0.1, 0.15) is 0 Å². The van der Waals surface area contributed by atoms with Crippen molar-refractivity contribution in [2.75, 3.05) is 0 Å². The van der Waals surface area contributed by atoms with E-state index in [1.54, 1.807) is 10.9 Å². The number of hydrazine groups is 1. The molecule has 1 aromatic heterocycles. The summed E-state index contributed by atoms with van der Waals surface area (Å²) in [5.74, 6) is 5.61. The second kappa shape index (κ2) is 5.71. The molecule has 2 rings (SSSR count). The van der Waals surface area contributed by atoms with Crippen LogP contribution in [0.3, 0.4) is 0 Å². The highest BCUT2D eigenvalue weighted by molar-refractivity contribution is 6.31. The summed E-state index contributed by atoms with van der Waals surface area (Å²) in [7, 11) is 1.83. The van der Waals surface area contributed by atoms with E-state index in [9.17, 15) is 0 Å². The van der Waals surface area contributed by atoms with E-state index in [2.05, 4.69) is 10.5 Å². The van der Waals surface area contributed by atoms with E-state index in [-0.39, 0.29) is 6.04 Å². The van der Waals surface area contributed by atoms with Crippen molar-refractivity contribution in [1.82, 2.24) is 15.2 Å². The maximum absolute atomic E-state index is 6.14. The van der Waals surface area contributed by atoms with Gasteiger partial charge in [0.2, 0.25) is 0 Å². The van der Waals surface area contributed by atoms with Crippen LogP contribution in [0.25, 0.3) is 0 Å². The van der Waals surface area contributed by atoms with Gasteiger partial charge in [-0.05, 0) is 18.1 Å². The fourth-order valence-electron chi connectivity index (χ4n) is 1.93. The molecule has 4 nitrogen and oxygen atoms in total.